The van der Waals surface area contributed by atoms with E-state index in [1.165, 1.54) is 70.8 Å². The van der Waals surface area contributed by atoms with Gasteiger partial charge in [0.25, 0.3) is 0 Å². The summed E-state index contributed by atoms with van der Waals surface area (Å²) in [4.78, 5) is 4.28. The molecule has 2 aromatic heterocycles. The minimum Gasteiger partial charge on any atom is -0.264 e. The number of pyridine rings is 2. The Balaban J connectivity index is 1.64. The zero-order chi connectivity index (χ0) is 20.5. The summed E-state index contributed by atoms with van der Waals surface area (Å²) in [5, 5.41) is 2.57. The monoisotopic (exact) mass is 393 g/mol. The fraction of sp³-hybridized carbons (Fsp3) is 0.286. The number of hydrogen-bond acceptors (Lipinski definition) is 1. The maximum Gasteiger partial charge on any atom is 0.220 e. The molecule has 0 amide bonds. The third-order valence-electron chi connectivity index (χ3n) is 6.73. The van der Waals surface area contributed by atoms with E-state index in [0.717, 1.165) is 11.5 Å². The smallest absolute Gasteiger partial charge is 0.220 e. The second-order valence-electron chi connectivity index (χ2n) is 8.73. The van der Waals surface area contributed by atoms with Gasteiger partial charge in [0.2, 0.25) is 5.69 Å². The molecule has 2 aromatic carbocycles. The highest BCUT2D eigenvalue weighted by atomic mass is 14.9. The summed E-state index contributed by atoms with van der Waals surface area (Å²) in [6.45, 7) is 2.24. The Morgan fingerprint density at radius 3 is 2.57 bits per heavy atom. The van der Waals surface area contributed by atoms with Gasteiger partial charge in [-0.1, -0.05) is 43.5 Å². The molecule has 0 unspecified atom stereocenters. The fourth-order valence-electron chi connectivity index (χ4n) is 5.01. The number of aromatic nitrogens is 2. The van der Waals surface area contributed by atoms with Gasteiger partial charge in [0.15, 0.2) is 6.20 Å². The third-order valence-corrected chi connectivity index (χ3v) is 6.73. The highest BCUT2D eigenvalue weighted by Gasteiger charge is 2.21. The summed E-state index contributed by atoms with van der Waals surface area (Å²) in [7, 11) is 2.16. The van der Waals surface area contributed by atoms with Gasteiger partial charge in [0, 0.05) is 29.6 Å². The van der Waals surface area contributed by atoms with E-state index in [9.17, 15) is 0 Å². The van der Waals surface area contributed by atoms with Crippen LogP contribution >= 0.6 is 0 Å². The van der Waals surface area contributed by atoms with Crippen molar-refractivity contribution >= 4 is 10.8 Å². The van der Waals surface area contributed by atoms with Crippen LogP contribution in [-0.4, -0.2) is 4.98 Å². The molecule has 1 aliphatic rings. The van der Waals surface area contributed by atoms with Crippen molar-refractivity contribution in [3.63, 3.8) is 0 Å². The van der Waals surface area contributed by atoms with E-state index >= 15 is 0 Å². The molecule has 30 heavy (non-hydrogen) atoms. The third kappa shape index (κ3) is 3.52. The summed E-state index contributed by atoms with van der Waals surface area (Å²) in [5.41, 5.74) is 7.89. The normalized spacial score (nSPS) is 14.9. The number of nitrogens with zero attached hydrogens (tertiary/aromatic N) is 2. The zero-order valence-electron chi connectivity index (χ0n) is 17.9. The van der Waals surface area contributed by atoms with E-state index in [2.05, 4.69) is 78.3 Å². The largest absolute Gasteiger partial charge is 0.264 e. The van der Waals surface area contributed by atoms with Gasteiger partial charge in [-0.3, -0.25) is 4.98 Å². The molecule has 1 aliphatic carbocycles. The fourth-order valence-corrected chi connectivity index (χ4v) is 5.01. The predicted octanol–water partition coefficient (Wildman–Crippen LogP) is 6.75. The van der Waals surface area contributed by atoms with Gasteiger partial charge in [-0.25, -0.2) is 4.57 Å². The van der Waals surface area contributed by atoms with Gasteiger partial charge in [0.1, 0.15) is 7.05 Å². The predicted molar refractivity (Wildman–Crippen MR) is 124 cm³/mol. The quantitative estimate of drug-likeness (QED) is 0.352. The van der Waals surface area contributed by atoms with E-state index in [-0.39, 0.29) is 0 Å². The molecule has 1 fully saturated rings. The highest BCUT2D eigenvalue weighted by molar-refractivity contribution is 5.96. The Bertz CT molecular complexity index is 1190. The Labute approximate surface area is 179 Å². The molecule has 1 saturated carbocycles. The van der Waals surface area contributed by atoms with Crippen LogP contribution in [0.5, 0.6) is 0 Å². The lowest BCUT2D eigenvalue weighted by molar-refractivity contribution is -0.659. The van der Waals surface area contributed by atoms with Gasteiger partial charge in [-0.2, -0.15) is 0 Å². The first-order valence-electron chi connectivity index (χ1n) is 11.1. The molecule has 0 N–H and O–H groups in total. The van der Waals surface area contributed by atoms with Crippen LogP contribution in [0.1, 0.15) is 49.1 Å². The van der Waals surface area contributed by atoms with Gasteiger partial charge >= 0.3 is 0 Å². The van der Waals surface area contributed by atoms with Crippen LogP contribution < -0.4 is 4.57 Å². The van der Waals surface area contributed by atoms with Crippen molar-refractivity contribution in [2.45, 2.75) is 44.9 Å². The number of fused-ring (bicyclic) bond motifs is 1. The molecule has 5 rings (SSSR count). The lowest BCUT2D eigenvalue weighted by atomic mass is 9.82. The van der Waals surface area contributed by atoms with Crippen molar-refractivity contribution < 1.29 is 4.57 Å². The van der Waals surface area contributed by atoms with Crippen LogP contribution in [0.15, 0.2) is 73.2 Å². The second kappa shape index (κ2) is 8.02. The van der Waals surface area contributed by atoms with E-state index < -0.39 is 0 Å². The second-order valence-corrected chi connectivity index (χ2v) is 8.73. The van der Waals surface area contributed by atoms with Crippen LogP contribution in [0.4, 0.5) is 0 Å². The zero-order valence-corrected chi connectivity index (χ0v) is 17.9. The van der Waals surface area contributed by atoms with Crippen molar-refractivity contribution in [2.75, 3.05) is 0 Å². The van der Waals surface area contributed by atoms with E-state index in [1.54, 1.807) is 0 Å². The molecule has 2 heteroatoms. The molecule has 0 spiro atoms. The molecule has 0 radical (unpaired) electrons. The van der Waals surface area contributed by atoms with Gasteiger partial charge in [-0.15, -0.1) is 0 Å². The molecular formula is C28H29N2+. The van der Waals surface area contributed by atoms with Crippen LogP contribution in [0.25, 0.3) is 33.2 Å². The summed E-state index contributed by atoms with van der Waals surface area (Å²) in [6, 6.07) is 20.3. The number of rotatable bonds is 3. The first kappa shape index (κ1) is 19.0. The first-order chi connectivity index (χ1) is 14.7. The average molecular weight is 394 g/mol. The van der Waals surface area contributed by atoms with E-state index in [4.69, 9.17) is 0 Å². The number of benzene rings is 2. The standard InChI is InChI=1S/C28H29N2/c1-20-10-11-23(21-7-4-3-5-8-21)18-27(20)28-26-13-12-22(25-9-6-15-29-19-25)17-24(26)14-16-30(28)2/h6,9-19,21H,3-5,7-8H2,1-2H3/q+1. The van der Waals surface area contributed by atoms with Crippen molar-refractivity contribution in [2.24, 2.45) is 7.05 Å². The van der Waals surface area contributed by atoms with Crippen LogP contribution in [-0.2, 0) is 7.05 Å². The van der Waals surface area contributed by atoms with Gasteiger partial charge < -0.3 is 0 Å². The Morgan fingerprint density at radius 1 is 0.900 bits per heavy atom. The molecule has 2 heterocycles. The van der Waals surface area contributed by atoms with Crippen molar-refractivity contribution in [3.05, 3.63) is 84.3 Å². The summed E-state index contributed by atoms with van der Waals surface area (Å²) < 4.78 is 2.28. The molecule has 0 saturated heterocycles. The number of aryl methyl sites for hydroxylation is 2. The maximum atomic E-state index is 4.28. The summed E-state index contributed by atoms with van der Waals surface area (Å²) in [5.74, 6) is 0.718. The summed E-state index contributed by atoms with van der Waals surface area (Å²) in [6.07, 6.45) is 12.7. The minimum absolute atomic E-state index is 0.718. The van der Waals surface area contributed by atoms with Crippen molar-refractivity contribution in [1.82, 2.24) is 4.98 Å². The SMILES string of the molecule is Cc1ccc(C2CCCCC2)cc1-c1c2ccc(-c3cccnc3)cc2cc[n+]1C. The molecule has 0 atom stereocenters. The van der Waals surface area contributed by atoms with Gasteiger partial charge in [0.05, 0.1) is 5.39 Å². The Kier molecular flexibility index (Phi) is 5.08. The molecule has 4 aromatic rings. The van der Waals surface area contributed by atoms with Gasteiger partial charge in [-0.05, 0) is 72.0 Å². The topological polar surface area (TPSA) is 16.8 Å². The van der Waals surface area contributed by atoms with Crippen molar-refractivity contribution in [1.29, 1.82) is 0 Å². The number of hydrogen-bond donors (Lipinski definition) is 0. The lowest BCUT2D eigenvalue weighted by Gasteiger charge is -2.22. The Morgan fingerprint density at radius 2 is 1.77 bits per heavy atom. The Hall–Kier alpha value is -3.00. The van der Waals surface area contributed by atoms with E-state index in [1.807, 2.05) is 18.5 Å². The van der Waals surface area contributed by atoms with Crippen LogP contribution in [0.3, 0.4) is 0 Å². The van der Waals surface area contributed by atoms with Crippen LogP contribution in [0, 0.1) is 6.92 Å². The minimum atomic E-state index is 0.718. The van der Waals surface area contributed by atoms with Crippen molar-refractivity contribution in [3.8, 4) is 22.4 Å². The molecule has 0 bridgehead atoms. The molecule has 150 valence electrons. The lowest BCUT2D eigenvalue weighted by Crippen LogP contribution is -2.30. The first-order valence-corrected chi connectivity index (χ1v) is 11.1. The molecular weight excluding hydrogens is 364 g/mol. The molecule has 0 aliphatic heterocycles. The summed E-state index contributed by atoms with van der Waals surface area (Å²) >= 11 is 0. The molecule has 2 nitrogen and oxygen atoms in total. The maximum absolute atomic E-state index is 4.28. The highest BCUT2D eigenvalue weighted by Crippen LogP contribution is 2.36. The average Bonchev–Trinajstić information content (AvgIpc) is 2.80. The van der Waals surface area contributed by atoms with E-state index in [0.29, 0.717) is 0 Å². The van der Waals surface area contributed by atoms with Crippen LogP contribution in [0.2, 0.25) is 0 Å².